The molecule has 5 rings (SSSR count). The fourth-order valence-corrected chi connectivity index (χ4v) is 6.51. The van der Waals surface area contributed by atoms with Gasteiger partial charge in [-0.2, -0.15) is 0 Å². The number of halogens is 3. The van der Waals surface area contributed by atoms with Crippen LogP contribution in [0.2, 0.25) is 10.0 Å². The lowest BCUT2D eigenvalue weighted by Gasteiger charge is -2.37. The first-order chi connectivity index (χ1) is 18.8. The number of fused-ring (bicyclic) bond motifs is 2. The van der Waals surface area contributed by atoms with E-state index < -0.39 is 35.1 Å². The minimum absolute atomic E-state index is 0.0928. The highest BCUT2D eigenvalue weighted by Crippen LogP contribution is 2.57. The van der Waals surface area contributed by atoms with E-state index in [9.17, 15) is 14.4 Å². The van der Waals surface area contributed by atoms with Gasteiger partial charge in [0.2, 0.25) is 11.8 Å². The van der Waals surface area contributed by atoms with Gasteiger partial charge in [-0.25, -0.2) is 4.39 Å². The molecule has 0 bridgehead atoms. The summed E-state index contributed by atoms with van der Waals surface area (Å²) >= 11 is 12.5. The molecule has 4 atom stereocenters. The van der Waals surface area contributed by atoms with Crippen LogP contribution in [0.1, 0.15) is 61.5 Å². The number of hydrogen-bond donors (Lipinski definition) is 3. The largest absolute Gasteiger partial charge is 0.325 e. The summed E-state index contributed by atoms with van der Waals surface area (Å²) in [6.07, 6.45) is 0.512. The number of carbonyl (C=O) groups excluding carboxylic acids is 3. The summed E-state index contributed by atoms with van der Waals surface area (Å²) in [5.74, 6) is -2.49. The second-order valence-corrected chi connectivity index (χ2v) is 12.6. The molecule has 1 spiro atoms. The Morgan fingerprint density at radius 1 is 1.05 bits per heavy atom. The third-order valence-corrected chi connectivity index (χ3v) is 8.31. The number of carbonyl (C=O) groups is 3. The van der Waals surface area contributed by atoms with Gasteiger partial charge in [0, 0.05) is 33.9 Å². The van der Waals surface area contributed by atoms with Crippen LogP contribution in [0.3, 0.4) is 0 Å². The van der Waals surface area contributed by atoms with Crippen LogP contribution in [0.5, 0.6) is 0 Å². The number of benzene rings is 3. The monoisotopic (exact) mass is 581 g/mol. The Morgan fingerprint density at radius 3 is 2.40 bits per heavy atom. The summed E-state index contributed by atoms with van der Waals surface area (Å²) in [7, 11) is 0. The highest BCUT2D eigenvalue weighted by Gasteiger charge is 2.66. The van der Waals surface area contributed by atoms with Gasteiger partial charge in [0.15, 0.2) is 5.78 Å². The smallest absolute Gasteiger partial charge is 0.242 e. The molecule has 0 radical (unpaired) electrons. The third-order valence-electron chi connectivity index (χ3n) is 7.78. The normalized spacial score (nSPS) is 23.7. The van der Waals surface area contributed by atoms with E-state index in [1.807, 2.05) is 0 Å². The number of ketones is 1. The van der Waals surface area contributed by atoms with E-state index in [4.69, 9.17) is 23.2 Å². The van der Waals surface area contributed by atoms with Gasteiger partial charge in [0.05, 0.1) is 11.1 Å². The van der Waals surface area contributed by atoms with E-state index in [0.717, 1.165) is 0 Å². The number of amides is 2. The zero-order chi connectivity index (χ0) is 29.0. The van der Waals surface area contributed by atoms with Gasteiger partial charge in [0.1, 0.15) is 11.2 Å². The van der Waals surface area contributed by atoms with Crippen LogP contribution in [0.15, 0.2) is 60.7 Å². The summed E-state index contributed by atoms with van der Waals surface area (Å²) in [6, 6.07) is 14.8. The summed E-state index contributed by atoms with van der Waals surface area (Å²) < 4.78 is 15.8. The lowest BCUT2D eigenvalue weighted by molar-refractivity contribution is -0.122. The van der Waals surface area contributed by atoms with Crippen molar-refractivity contribution < 1.29 is 18.8 Å². The Balaban J connectivity index is 1.69. The van der Waals surface area contributed by atoms with Crippen LogP contribution in [0.4, 0.5) is 15.8 Å². The van der Waals surface area contributed by atoms with Crippen molar-refractivity contribution in [1.29, 1.82) is 0 Å². The zero-order valence-corrected chi connectivity index (χ0v) is 24.1. The quantitative estimate of drug-likeness (QED) is 0.292. The van der Waals surface area contributed by atoms with Crippen LogP contribution in [-0.4, -0.2) is 29.7 Å². The molecule has 2 aliphatic heterocycles. The predicted octanol–water partition coefficient (Wildman–Crippen LogP) is 6.72. The van der Waals surface area contributed by atoms with Crippen molar-refractivity contribution in [2.75, 3.05) is 10.6 Å². The van der Waals surface area contributed by atoms with Crippen molar-refractivity contribution >= 4 is 52.2 Å². The molecular formula is C31H30Cl2FN3O3. The Labute approximate surface area is 242 Å². The lowest BCUT2D eigenvalue weighted by atomic mass is 9.62. The molecule has 1 unspecified atom stereocenters. The van der Waals surface area contributed by atoms with Gasteiger partial charge in [-0.15, -0.1) is 0 Å². The third kappa shape index (κ3) is 4.80. The predicted molar refractivity (Wildman–Crippen MR) is 156 cm³/mol. The van der Waals surface area contributed by atoms with Crippen LogP contribution in [-0.2, 0) is 15.0 Å². The van der Waals surface area contributed by atoms with Crippen molar-refractivity contribution in [2.45, 2.75) is 57.5 Å². The Hall–Kier alpha value is -3.26. The fourth-order valence-electron chi connectivity index (χ4n) is 6.16. The number of hydrogen-bond acceptors (Lipinski definition) is 4. The maximum Gasteiger partial charge on any atom is 0.242 e. The average Bonchev–Trinajstić information content (AvgIpc) is 3.35. The molecule has 2 amide bonds. The Bertz CT molecular complexity index is 1520. The first-order valence-corrected chi connectivity index (χ1v) is 13.8. The molecule has 3 aromatic carbocycles. The van der Waals surface area contributed by atoms with Crippen LogP contribution < -0.4 is 16.0 Å². The molecule has 3 aromatic rings. The molecule has 2 aliphatic rings. The van der Waals surface area contributed by atoms with E-state index in [1.165, 1.54) is 13.0 Å². The van der Waals surface area contributed by atoms with Crippen molar-refractivity contribution in [1.82, 2.24) is 5.32 Å². The van der Waals surface area contributed by atoms with Gasteiger partial charge >= 0.3 is 0 Å². The molecule has 3 N–H and O–H groups in total. The molecule has 40 heavy (non-hydrogen) atoms. The van der Waals surface area contributed by atoms with E-state index >= 15 is 4.39 Å². The van der Waals surface area contributed by atoms with E-state index in [2.05, 4.69) is 36.7 Å². The fraction of sp³-hybridized carbons (Fsp3) is 0.323. The highest BCUT2D eigenvalue weighted by molar-refractivity contribution is 6.31. The zero-order valence-electron chi connectivity index (χ0n) is 22.6. The van der Waals surface area contributed by atoms with Crippen molar-refractivity contribution in [3.63, 3.8) is 0 Å². The van der Waals surface area contributed by atoms with Crippen LogP contribution in [0, 0.1) is 11.2 Å². The van der Waals surface area contributed by atoms with E-state index in [0.29, 0.717) is 33.9 Å². The summed E-state index contributed by atoms with van der Waals surface area (Å²) in [5, 5.41) is 9.66. The van der Waals surface area contributed by atoms with Crippen molar-refractivity contribution in [3.05, 3.63) is 93.2 Å². The second kappa shape index (κ2) is 10.3. The summed E-state index contributed by atoms with van der Waals surface area (Å²) in [6.45, 7) is 7.62. The number of nitrogens with one attached hydrogen (secondary N) is 3. The van der Waals surface area contributed by atoms with Gasteiger partial charge in [0.25, 0.3) is 0 Å². The van der Waals surface area contributed by atoms with E-state index in [1.54, 1.807) is 54.6 Å². The molecule has 0 aliphatic carbocycles. The summed E-state index contributed by atoms with van der Waals surface area (Å²) in [4.78, 5) is 39.8. The van der Waals surface area contributed by atoms with Gasteiger partial charge in [-0.3, -0.25) is 14.4 Å². The van der Waals surface area contributed by atoms with Crippen molar-refractivity contribution in [3.8, 4) is 0 Å². The highest BCUT2D eigenvalue weighted by atomic mass is 35.5. The first kappa shape index (κ1) is 28.3. The molecule has 0 aromatic heterocycles. The molecule has 0 saturated carbocycles. The van der Waals surface area contributed by atoms with Gasteiger partial charge < -0.3 is 16.0 Å². The molecule has 1 saturated heterocycles. The van der Waals surface area contributed by atoms with Gasteiger partial charge in [-0.1, -0.05) is 62.2 Å². The molecule has 6 nitrogen and oxygen atoms in total. The Morgan fingerprint density at radius 2 is 1.75 bits per heavy atom. The molecule has 9 heteroatoms. The standard InChI is InChI=1S/C31H30Cl2FN3O3/c1-16(38)17-8-11-19(12-9-17)35-28(39)27-25(20-6-5-7-22(33)26(20)34)31(24(37-27)15-30(2,3)4)21-13-10-18(32)14-23(21)36-29(31)40/h5-14,24-25,27,37H,15H2,1-4H3,(H,35,39)(H,36,40)/t24-,25+,27+,31?/m0/s1. The van der Waals surface area contributed by atoms with Gasteiger partial charge in [-0.05, 0) is 72.4 Å². The average molecular weight is 583 g/mol. The maximum absolute atomic E-state index is 15.8. The molecule has 1 fully saturated rings. The molecule has 208 valence electrons. The number of rotatable bonds is 5. The van der Waals surface area contributed by atoms with Crippen LogP contribution >= 0.6 is 23.2 Å². The first-order valence-electron chi connectivity index (χ1n) is 13.1. The SMILES string of the molecule is CC(=O)c1ccc(NC(=O)[C@@H]2N[C@@H](CC(C)(C)C)C3(C(=O)Nc4cc(Cl)ccc43)[C@@H]2c2cccc(Cl)c2F)cc1. The second-order valence-electron chi connectivity index (χ2n) is 11.7. The minimum atomic E-state index is -1.33. The maximum atomic E-state index is 15.8. The number of anilines is 2. The van der Waals surface area contributed by atoms with E-state index in [-0.39, 0.29) is 27.7 Å². The topological polar surface area (TPSA) is 87.3 Å². The molecule has 2 heterocycles. The summed E-state index contributed by atoms with van der Waals surface area (Å²) in [5.41, 5.74) is 0.753. The van der Waals surface area contributed by atoms with Crippen molar-refractivity contribution in [2.24, 2.45) is 5.41 Å². The van der Waals surface area contributed by atoms with Crippen LogP contribution in [0.25, 0.3) is 0 Å². The molecular weight excluding hydrogens is 552 g/mol. The lowest BCUT2D eigenvalue weighted by Crippen LogP contribution is -2.49. The number of Topliss-reactive ketones (excluding diaryl/α,β-unsaturated/α-hetero) is 1. The Kier molecular flexibility index (Phi) is 7.27. The minimum Gasteiger partial charge on any atom is -0.325 e.